The summed E-state index contributed by atoms with van der Waals surface area (Å²) in [5, 5.41) is 3.06. The SMILES string of the molecule is CCN=CC=CC=CNCC. The molecule has 2 heteroatoms. The summed E-state index contributed by atoms with van der Waals surface area (Å²) in [6.07, 6.45) is 9.52. The van der Waals surface area contributed by atoms with E-state index in [1.54, 1.807) is 6.21 Å². The number of nitrogens with one attached hydrogen (secondary N) is 1. The molecule has 0 aliphatic heterocycles. The summed E-state index contributed by atoms with van der Waals surface area (Å²) in [5.41, 5.74) is 0. The second kappa shape index (κ2) is 8.95. The van der Waals surface area contributed by atoms with E-state index in [4.69, 9.17) is 0 Å². The Morgan fingerprint density at radius 3 is 2.64 bits per heavy atom. The van der Waals surface area contributed by atoms with E-state index >= 15 is 0 Å². The zero-order chi connectivity index (χ0) is 8.36. The standard InChI is InChI=1S/C9H16N2/c1-3-10-8-6-5-7-9-11-4-2/h5-10H,3-4H2,1-2H3. The Labute approximate surface area is 68.7 Å². The van der Waals surface area contributed by atoms with Gasteiger partial charge in [-0.05, 0) is 32.2 Å². The smallest absolute Gasteiger partial charge is 0.0360 e. The fourth-order valence-electron chi connectivity index (χ4n) is 0.522. The van der Waals surface area contributed by atoms with Gasteiger partial charge in [-0.15, -0.1) is 0 Å². The largest absolute Gasteiger partial charge is 0.391 e. The van der Waals surface area contributed by atoms with Crippen LogP contribution in [0.3, 0.4) is 0 Å². The monoisotopic (exact) mass is 152 g/mol. The first-order valence-corrected chi connectivity index (χ1v) is 3.96. The summed E-state index contributed by atoms with van der Waals surface area (Å²) in [6.45, 7) is 5.89. The lowest BCUT2D eigenvalue weighted by molar-refractivity contribution is 0.919. The minimum atomic E-state index is 0.848. The minimum absolute atomic E-state index is 0.848. The molecule has 0 aliphatic rings. The highest BCUT2D eigenvalue weighted by molar-refractivity contribution is 5.71. The quantitative estimate of drug-likeness (QED) is 0.471. The number of allylic oxidation sites excluding steroid dienone is 3. The maximum absolute atomic E-state index is 4.02. The van der Waals surface area contributed by atoms with Crippen LogP contribution in [0.25, 0.3) is 0 Å². The molecule has 0 saturated heterocycles. The molecule has 0 bridgehead atoms. The highest BCUT2D eigenvalue weighted by Gasteiger charge is 1.64. The van der Waals surface area contributed by atoms with Gasteiger partial charge >= 0.3 is 0 Å². The van der Waals surface area contributed by atoms with Gasteiger partial charge in [0.15, 0.2) is 0 Å². The van der Waals surface area contributed by atoms with Crippen molar-refractivity contribution < 1.29 is 0 Å². The summed E-state index contributed by atoms with van der Waals surface area (Å²) in [4.78, 5) is 4.02. The zero-order valence-corrected chi connectivity index (χ0v) is 7.25. The average molecular weight is 152 g/mol. The molecule has 0 aliphatic carbocycles. The third-order valence-corrected chi connectivity index (χ3v) is 1.01. The number of rotatable bonds is 5. The minimum Gasteiger partial charge on any atom is -0.391 e. The van der Waals surface area contributed by atoms with Gasteiger partial charge in [0.05, 0.1) is 0 Å². The van der Waals surface area contributed by atoms with Crippen LogP contribution in [0.1, 0.15) is 13.8 Å². The van der Waals surface area contributed by atoms with Crippen LogP contribution in [-0.2, 0) is 0 Å². The molecule has 62 valence electrons. The van der Waals surface area contributed by atoms with Crippen molar-refractivity contribution in [2.45, 2.75) is 13.8 Å². The molecular formula is C9H16N2. The molecule has 0 aromatic rings. The number of hydrogen-bond acceptors (Lipinski definition) is 2. The average Bonchev–Trinajstić information content (AvgIpc) is 2.03. The molecular weight excluding hydrogens is 136 g/mol. The molecule has 0 unspecified atom stereocenters. The van der Waals surface area contributed by atoms with Crippen LogP contribution >= 0.6 is 0 Å². The van der Waals surface area contributed by atoms with Gasteiger partial charge in [0.1, 0.15) is 0 Å². The number of aliphatic imine (C=N–C) groups is 1. The van der Waals surface area contributed by atoms with E-state index in [0.717, 1.165) is 13.1 Å². The van der Waals surface area contributed by atoms with E-state index in [1.807, 2.05) is 31.4 Å². The first kappa shape index (κ1) is 9.95. The van der Waals surface area contributed by atoms with Crippen molar-refractivity contribution >= 4 is 6.21 Å². The van der Waals surface area contributed by atoms with Crippen LogP contribution in [0.4, 0.5) is 0 Å². The van der Waals surface area contributed by atoms with Crippen molar-refractivity contribution in [1.82, 2.24) is 5.32 Å². The third kappa shape index (κ3) is 8.95. The molecule has 0 radical (unpaired) electrons. The van der Waals surface area contributed by atoms with Crippen LogP contribution < -0.4 is 5.32 Å². The molecule has 0 aromatic heterocycles. The van der Waals surface area contributed by atoms with Crippen molar-refractivity contribution in [1.29, 1.82) is 0 Å². The topological polar surface area (TPSA) is 24.4 Å². The Bertz CT molecular complexity index is 146. The number of hydrogen-bond donors (Lipinski definition) is 1. The van der Waals surface area contributed by atoms with Crippen LogP contribution in [-0.4, -0.2) is 19.3 Å². The lowest BCUT2D eigenvalue weighted by atomic mass is 10.5. The molecule has 11 heavy (non-hydrogen) atoms. The van der Waals surface area contributed by atoms with Crippen molar-refractivity contribution in [3.05, 3.63) is 24.4 Å². The lowest BCUT2D eigenvalue weighted by Gasteiger charge is -1.86. The van der Waals surface area contributed by atoms with Crippen LogP contribution in [0.2, 0.25) is 0 Å². The van der Waals surface area contributed by atoms with Gasteiger partial charge in [-0.2, -0.15) is 0 Å². The molecule has 1 N–H and O–H groups in total. The van der Waals surface area contributed by atoms with Gasteiger partial charge in [-0.1, -0.05) is 6.08 Å². The first-order chi connectivity index (χ1) is 5.41. The summed E-state index contributed by atoms with van der Waals surface area (Å²) < 4.78 is 0. The molecule has 0 aromatic carbocycles. The molecule has 0 fully saturated rings. The van der Waals surface area contributed by atoms with Gasteiger partial charge in [-0.3, -0.25) is 4.99 Å². The van der Waals surface area contributed by atoms with Gasteiger partial charge < -0.3 is 5.32 Å². The second-order valence-electron chi connectivity index (χ2n) is 1.95. The Hall–Kier alpha value is -1.05. The van der Waals surface area contributed by atoms with E-state index < -0.39 is 0 Å². The molecule has 0 atom stereocenters. The van der Waals surface area contributed by atoms with Gasteiger partial charge in [0.2, 0.25) is 0 Å². The first-order valence-electron chi connectivity index (χ1n) is 3.96. The fourth-order valence-corrected chi connectivity index (χ4v) is 0.522. The van der Waals surface area contributed by atoms with Gasteiger partial charge in [0.25, 0.3) is 0 Å². The summed E-state index contributed by atoms with van der Waals surface area (Å²) in [5.74, 6) is 0. The Balaban J connectivity index is 3.35. The highest BCUT2D eigenvalue weighted by atomic mass is 14.8. The van der Waals surface area contributed by atoms with Crippen molar-refractivity contribution in [3.8, 4) is 0 Å². The van der Waals surface area contributed by atoms with Gasteiger partial charge in [-0.25, -0.2) is 0 Å². The normalized spacial score (nSPS) is 12.2. The Morgan fingerprint density at radius 1 is 1.18 bits per heavy atom. The molecule has 0 spiro atoms. The van der Waals surface area contributed by atoms with Gasteiger partial charge in [0, 0.05) is 19.3 Å². The van der Waals surface area contributed by atoms with E-state index in [-0.39, 0.29) is 0 Å². The van der Waals surface area contributed by atoms with Crippen molar-refractivity contribution in [2.75, 3.05) is 13.1 Å². The Morgan fingerprint density at radius 2 is 2.00 bits per heavy atom. The predicted octanol–water partition coefficient (Wildman–Crippen LogP) is 1.76. The van der Waals surface area contributed by atoms with E-state index in [1.165, 1.54) is 0 Å². The maximum Gasteiger partial charge on any atom is 0.0360 e. The van der Waals surface area contributed by atoms with E-state index in [9.17, 15) is 0 Å². The fraction of sp³-hybridized carbons (Fsp3) is 0.444. The highest BCUT2D eigenvalue weighted by Crippen LogP contribution is 1.73. The molecule has 0 heterocycles. The van der Waals surface area contributed by atoms with Crippen LogP contribution in [0, 0.1) is 0 Å². The summed E-state index contributed by atoms with van der Waals surface area (Å²) >= 11 is 0. The number of nitrogens with zero attached hydrogens (tertiary/aromatic N) is 1. The van der Waals surface area contributed by atoms with Crippen LogP contribution in [0.15, 0.2) is 29.4 Å². The Kier molecular flexibility index (Phi) is 8.10. The molecule has 0 rings (SSSR count). The molecule has 2 nitrogen and oxygen atoms in total. The zero-order valence-electron chi connectivity index (χ0n) is 7.25. The molecule has 0 amide bonds. The molecule has 0 saturated carbocycles. The second-order valence-corrected chi connectivity index (χ2v) is 1.95. The predicted molar refractivity (Wildman–Crippen MR) is 51.0 cm³/mol. The van der Waals surface area contributed by atoms with E-state index in [2.05, 4.69) is 17.2 Å². The maximum atomic E-state index is 4.02. The van der Waals surface area contributed by atoms with E-state index in [0.29, 0.717) is 0 Å². The van der Waals surface area contributed by atoms with Crippen LogP contribution in [0.5, 0.6) is 0 Å². The summed E-state index contributed by atoms with van der Waals surface area (Å²) in [6, 6.07) is 0. The lowest BCUT2D eigenvalue weighted by Crippen LogP contribution is -2.00. The van der Waals surface area contributed by atoms with Crippen molar-refractivity contribution in [3.63, 3.8) is 0 Å². The summed E-state index contributed by atoms with van der Waals surface area (Å²) in [7, 11) is 0. The van der Waals surface area contributed by atoms with Crippen molar-refractivity contribution in [2.24, 2.45) is 4.99 Å². The third-order valence-electron chi connectivity index (χ3n) is 1.01.